The maximum atomic E-state index is 12.7. The van der Waals surface area contributed by atoms with E-state index in [1.54, 1.807) is 6.08 Å². The Kier molecular flexibility index (Phi) is 35.7. The van der Waals surface area contributed by atoms with Crippen LogP contribution < -0.4 is 11.1 Å². The van der Waals surface area contributed by atoms with E-state index in [1.807, 2.05) is 6.08 Å². The zero-order valence-corrected chi connectivity index (χ0v) is 32.9. The van der Waals surface area contributed by atoms with Crippen molar-refractivity contribution in [2.45, 2.75) is 154 Å². The SMILES string of the molecule is CC/C=C\C/C=C\C/C=C\C/C=C\C/C=C\CCCCCC(=O)NC(COP(=O)(O)OCCN)C(O)/C=C/CC/C=C/CCCCCCCCC. The number of aliphatic hydroxyl groups is 1. The molecule has 0 saturated heterocycles. The van der Waals surface area contributed by atoms with Crippen molar-refractivity contribution in [3.63, 3.8) is 0 Å². The number of phosphoric ester groups is 1. The summed E-state index contributed by atoms with van der Waals surface area (Å²) in [5.41, 5.74) is 5.35. The smallest absolute Gasteiger partial charge is 0.387 e. The maximum Gasteiger partial charge on any atom is 0.472 e. The Hall–Kier alpha value is -2.32. The maximum absolute atomic E-state index is 12.7. The number of rotatable bonds is 35. The molecule has 0 aromatic carbocycles. The molecule has 0 aliphatic rings. The summed E-state index contributed by atoms with van der Waals surface area (Å²) in [6.07, 6.45) is 49.2. The molecule has 9 heteroatoms. The number of unbranched alkanes of at least 4 members (excludes halogenated alkanes) is 11. The number of nitrogens with one attached hydrogen (secondary N) is 1. The molecule has 0 radical (unpaired) electrons. The minimum absolute atomic E-state index is 0.0635. The highest BCUT2D eigenvalue weighted by Crippen LogP contribution is 2.43. The van der Waals surface area contributed by atoms with Crippen molar-refractivity contribution in [2.24, 2.45) is 5.73 Å². The van der Waals surface area contributed by atoms with Gasteiger partial charge in [-0.2, -0.15) is 0 Å². The van der Waals surface area contributed by atoms with Crippen molar-refractivity contribution >= 4 is 13.7 Å². The summed E-state index contributed by atoms with van der Waals surface area (Å²) in [5.74, 6) is -0.241. The fourth-order valence-electron chi connectivity index (χ4n) is 4.99. The molecule has 0 saturated carbocycles. The minimum Gasteiger partial charge on any atom is -0.387 e. The number of allylic oxidation sites excluding steroid dienone is 13. The molecule has 3 atom stereocenters. The standard InChI is InChI=1S/C42H73N2O6P/c1-3-5-7-9-11-13-15-17-18-19-20-21-22-24-26-28-30-32-34-36-42(46)44-40(39-50-51(47,48)49-38-37-43)41(45)35-33-31-29-27-25-23-16-14-12-10-8-6-4-2/h5,7,11,13,17-18,20-21,24-27,33,35,40-41,45H,3-4,6,8-10,12,14-16,19,22-23,28-32,34,36-39,43H2,1-2H3,(H,44,46)(H,47,48)/b7-5-,13-11-,18-17-,21-20-,26-24-,27-25+,35-33+. The highest BCUT2D eigenvalue weighted by atomic mass is 31.2. The molecule has 1 amide bonds. The number of nitrogens with two attached hydrogens (primary N) is 1. The number of carbonyl (C=O) groups excluding carboxylic acids is 1. The average Bonchev–Trinajstić information content (AvgIpc) is 3.12. The van der Waals surface area contributed by atoms with Gasteiger partial charge in [0.05, 0.1) is 25.4 Å². The van der Waals surface area contributed by atoms with Crippen LogP contribution >= 0.6 is 7.82 Å². The zero-order chi connectivity index (χ0) is 37.5. The van der Waals surface area contributed by atoms with Crippen molar-refractivity contribution in [1.29, 1.82) is 0 Å². The fraction of sp³-hybridized carbons (Fsp3) is 0.643. The van der Waals surface area contributed by atoms with Crippen LogP contribution in [0.5, 0.6) is 0 Å². The molecule has 0 rings (SSSR count). The molecular formula is C42H73N2O6P. The first-order chi connectivity index (χ1) is 24.9. The molecule has 0 bridgehead atoms. The first kappa shape index (κ1) is 48.7. The second kappa shape index (κ2) is 37.4. The Bertz CT molecular complexity index is 1070. The number of amides is 1. The second-order valence-electron chi connectivity index (χ2n) is 12.7. The molecule has 51 heavy (non-hydrogen) atoms. The molecule has 8 nitrogen and oxygen atoms in total. The van der Waals surface area contributed by atoms with Crippen molar-refractivity contribution in [3.8, 4) is 0 Å². The third-order valence-electron chi connectivity index (χ3n) is 7.95. The predicted molar refractivity (Wildman–Crippen MR) is 216 cm³/mol. The Morgan fingerprint density at radius 3 is 1.75 bits per heavy atom. The molecule has 5 N–H and O–H groups in total. The minimum atomic E-state index is -4.36. The summed E-state index contributed by atoms with van der Waals surface area (Å²) < 4.78 is 22.0. The van der Waals surface area contributed by atoms with E-state index in [1.165, 1.54) is 44.9 Å². The van der Waals surface area contributed by atoms with Gasteiger partial charge in [-0.25, -0.2) is 4.57 Å². The summed E-state index contributed by atoms with van der Waals surface area (Å²) in [4.78, 5) is 22.6. The van der Waals surface area contributed by atoms with Gasteiger partial charge in [0, 0.05) is 13.0 Å². The lowest BCUT2D eigenvalue weighted by molar-refractivity contribution is -0.123. The van der Waals surface area contributed by atoms with Gasteiger partial charge in [0.25, 0.3) is 0 Å². The normalized spacial score (nSPS) is 15.2. The van der Waals surface area contributed by atoms with E-state index >= 15 is 0 Å². The number of carbonyl (C=O) groups is 1. The lowest BCUT2D eigenvalue weighted by atomic mass is 10.1. The van der Waals surface area contributed by atoms with Crippen LogP contribution in [-0.4, -0.2) is 47.8 Å². The number of aliphatic hydroxyl groups excluding tert-OH is 1. The van der Waals surface area contributed by atoms with Crippen LogP contribution in [0.2, 0.25) is 0 Å². The topological polar surface area (TPSA) is 131 Å². The van der Waals surface area contributed by atoms with Crippen LogP contribution in [0.15, 0.2) is 85.1 Å². The van der Waals surface area contributed by atoms with E-state index in [2.05, 4.69) is 92.1 Å². The number of hydrogen-bond acceptors (Lipinski definition) is 6. The predicted octanol–water partition coefficient (Wildman–Crippen LogP) is 10.7. The molecule has 0 aromatic heterocycles. The van der Waals surface area contributed by atoms with E-state index < -0.39 is 20.0 Å². The molecule has 0 aliphatic carbocycles. The van der Waals surface area contributed by atoms with Crippen LogP contribution in [-0.2, 0) is 18.4 Å². The highest BCUT2D eigenvalue weighted by Gasteiger charge is 2.26. The molecule has 0 spiro atoms. The molecule has 0 fully saturated rings. The first-order valence-electron chi connectivity index (χ1n) is 19.7. The second-order valence-corrected chi connectivity index (χ2v) is 14.2. The van der Waals surface area contributed by atoms with Gasteiger partial charge in [-0.3, -0.25) is 13.8 Å². The van der Waals surface area contributed by atoms with E-state index in [-0.39, 0.29) is 25.7 Å². The monoisotopic (exact) mass is 733 g/mol. The van der Waals surface area contributed by atoms with Crippen LogP contribution in [0.1, 0.15) is 142 Å². The van der Waals surface area contributed by atoms with Gasteiger partial charge >= 0.3 is 7.82 Å². The summed E-state index contributed by atoms with van der Waals surface area (Å²) in [7, 11) is -4.36. The zero-order valence-electron chi connectivity index (χ0n) is 32.1. The summed E-state index contributed by atoms with van der Waals surface area (Å²) in [5, 5.41) is 13.6. The number of phosphoric acid groups is 1. The molecule has 3 unspecified atom stereocenters. The van der Waals surface area contributed by atoms with Crippen molar-refractivity contribution < 1.29 is 28.4 Å². The van der Waals surface area contributed by atoms with Gasteiger partial charge in [0.15, 0.2) is 0 Å². The Balaban J connectivity index is 4.42. The molecule has 0 heterocycles. The average molecular weight is 733 g/mol. The van der Waals surface area contributed by atoms with Crippen LogP contribution in [0.25, 0.3) is 0 Å². The quantitative estimate of drug-likeness (QED) is 0.0290. The molecule has 0 aromatic rings. The summed E-state index contributed by atoms with van der Waals surface area (Å²) in [6.45, 7) is 3.93. The third kappa shape index (κ3) is 35.9. The first-order valence-corrected chi connectivity index (χ1v) is 21.2. The summed E-state index contributed by atoms with van der Waals surface area (Å²) >= 11 is 0. The van der Waals surface area contributed by atoms with Gasteiger partial charge in [-0.1, -0.05) is 144 Å². The lowest BCUT2D eigenvalue weighted by Gasteiger charge is -2.23. The Morgan fingerprint density at radius 1 is 0.667 bits per heavy atom. The van der Waals surface area contributed by atoms with Gasteiger partial charge in [0.2, 0.25) is 5.91 Å². The number of hydrogen-bond donors (Lipinski definition) is 4. The van der Waals surface area contributed by atoms with Crippen LogP contribution in [0.4, 0.5) is 0 Å². The largest absolute Gasteiger partial charge is 0.472 e. The Morgan fingerprint density at radius 2 is 1.16 bits per heavy atom. The summed E-state index contributed by atoms with van der Waals surface area (Å²) in [6, 6.07) is -0.898. The van der Waals surface area contributed by atoms with Crippen LogP contribution in [0, 0.1) is 0 Å². The van der Waals surface area contributed by atoms with Crippen molar-refractivity contribution in [2.75, 3.05) is 19.8 Å². The van der Waals surface area contributed by atoms with E-state index in [4.69, 9.17) is 14.8 Å². The van der Waals surface area contributed by atoms with E-state index in [0.29, 0.717) is 12.8 Å². The third-order valence-corrected chi connectivity index (χ3v) is 8.94. The molecule has 292 valence electrons. The molecule has 0 aliphatic heterocycles. The van der Waals surface area contributed by atoms with E-state index in [9.17, 15) is 19.4 Å². The van der Waals surface area contributed by atoms with Gasteiger partial charge in [0.1, 0.15) is 0 Å². The van der Waals surface area contributed by atoms with Crippen LogP contribution in [0.3, 0.4) is 0 Å². The Labute approximate surface area is 311 Å². The van der Waals surface area contributed by atoms with E-state index in [0.717, 1.165) is 70.6 Å². The highest BCUT2D eigenvalue weighted by molar-refractivity contribution is 7.47. The fourth-order valence-corrected chi connectivity index (χ4v) is 5.75. The lowest BCUT2D eigenvalue weighted by Crippen LogP contribution is -2.45. The van der Waals surface area contributed by atoms with Gasteiger partial charge in [-0.15, -0.1) is 0 Å². The van der Waals surface area contributed by atoms with Crippen molar-refractivity contribution in [1.82, 2.24) is 5.32 Å². The molecular weight excluding hydrogens is 659 g/mol. The van der Waals surface area contributed by atoms with Gasteiger partial charge in [-0.05, 0) is 77.0 Å². The van der Waals surface area contributed by atoms with Gasteiger partial charge < -0.3 is 21.1 Å². The van der Waals surface area contributed by atoms with Crippen molar-refractivity contribution in [3.05, 3.63) is 85.1 Å².